The summed E-state index contributed by atoms with van der Waals surface area (Å²) in [5.41, 5.74) is 3.88. The van der Waals surface area contributed by atoms with Crippen molar-refractivity contribution >= 4 is 37.7 Å². The molecule has 1 nitrogen and oxygen atoms in total. The molecule has 4 aromatic carbocycles. The standard InChI is InChI=1S/C24H16BrN/c25-19-12-15-24-22(16-19)21-8-4-5-9-23(21)26(24)20-13-10-18(11-14-20)17-6-2-1-3-7-17/h1-16H/i1D,2D,3D,6D,7D. The number of para-hydroxylation sites is 1. The van der Waals surface area contributed by atoms with Crippen LogP contribution < -0.4 is 0 Å². The molecule has 0 spiro atoms. The smallest absolute Gasteiger partial charge is 0.0629 e. The van der Waals surface area contributed by atoms with Crippen molar-refractivity contribution in [2.24, 2.45) is 0 Å². The van der Waals surface area contributed by atoms with Crippen molar-refractivity contribution in [3.63, 3.8) is 0 Å². The van der Waals surface area contributed by atoms with Gasteiger partial charge in [0, 0.05) is 20.9 Å². The number of rotatable bonds is 2. The third-order valence-electron chi connectivity index (χ3n) is 4.55. The molecule has 1 heterocycles. The minimum atomic E-state index is -0.383. The Labute approximate surface area is 167 Å². The number of aromatic nitrogens is 1. The fourth-order valence-corrected chi connectivity index (χ4v) is 3.76. The van der Waals surface area contributed by atoms with Crippen molar-refractivity contribution in [1.82, 2.24) is 4.57 Å². The van der Waals surface area contributed by atoms with Crippen LogP contribution in [0.1, 0.15) is 6.85 Å². The zero-order chi connectivity index (χ0) is 21.9. The van der Waals surface area contributed by atoms with Crippen LogP contribution in [0.4, 0.5) is 0 Å². The molecule has 0 aliphatic carbocycles. The van der Waals surface area contributed by atoms with Crippen LogP contribution in [0.2, 0.25) is 0 Å². The Balaban J connectivity index is 1.72. The molecule has 0 fully saturated rings. The minimum absolute atomic E-state index is 0.194. The zero-order valence-electron chi connectivity index (χ0n) is 18.7. The maximum Gasteiger partial charge on any atom is 0.0629 e. The van der Waals surface area contributed by atoms with Gasteiger partial charge >= 0.3 is 0 Å². The fourth-order valence-electron chi connectivity index (χ4n) is 3.39. The highest BCUT2D eigenvalue weighted by atomic mass is 79.9. The van der Waals surface area contributed by atoms with Gasteiger partial charge in [0.25, 0.3) is 0 Å². The van der Waals surface area contributed by atoms with E-state index in [1.807, 2.05) is 42.5 Å². The monoisotopic (exact) mass is 402 g/mol. The third-order valence-corrected chi connectivity index (χ3v) is 5.04. The van der Waals surface area contributed by atoms with Crippen LogP contribution in [0.3, 0.4) is 0 Å². The van der Waals surface area contributed by atoms with Crippen molar-refractivity contribution in [3.05, 3.63) is 101 Å². The summed E-state index contributed by atoms with van der Waals surface area (Å²) in [6.45, 7) is 0. The van der Waals surface area contributed by atoms with Crippen LogP contribution in [0.15, 0.2) is 101 Å². The predicted molar refractivity (Wildman–Crippen MR) is 114 cm³/mol. The molecule has 1 aromatic heterocycles. The number of fused-ring (bicyclic) bond motifs is 3. The van der Waals surface area contributed by atoms with Gasteiger partial charge in [0.15, 0.2) is 0 Å². The van der Waals surface area contributed by atoms with E-state index >= 15 is 0 Å². The first-order valence-electron chi connectivity index (χ1n) is 10.7. The Kier molecular flexibility index (Phi) is 2.60. The third kappa shape index (κ3) is 2.46. The Morgan fingerprint density at radius 3 is 2.23 bits per heavy atom. The average molecular weight is 403 g/mol. The van der Waals surface area contributed by atoms with Crippen LogP contribution in [-0.2, 0) is 0 Å². The van der Waals surface area contributed by atoms with Gasteiger partial charge in [-0.25, -0.2) is 0 Å². The van der Waals surface area contributed by atoms with Gasteiger partial charge in [0.1, 0.15) is 0 Å². The zero-order valence-corrected chi connectivity index (χ0v) is 15.3. The molecule has 5 rings (SSSR count). The van der Waals surface area contributed by atoms with Crippen LogP contribution >= 0.6 is 15.9 Å². The highest BCUT2D eigenvalue weighted by molar-refractivity contribution is 9.10. The summed E-state index contributed by atoms with van der Waals surface area (Å²) in [7, 11) is 0. The molecule has 0 saturated carbocycles. The molecular formula is C24H16BrN. The second kappa shape index (κ2) is 6.15. The number of hydrogen-bond acceptors (Lipinski definition) is 0. The van der Waals surface area contributed by atoms with Gasteiger partial charge in [-0.1, -0.05) is 76.5 Å². The largest absolute Gasteiger partial charge is 0.309 e. The number of halogens is 1. The van der Waals surface area contributed by atoms with Crippen molar-refractivity contribution < 1.29 is 6.85 Å². The van der Waals surface area contributed by atoms with E-state index in [2.05, 4.69) is 44.8 Å². The predicted octanol–water partition coefficient (Wildman–Crippen LogP) is 7.21. The number of hydrogen-bond donors (Lipinski definition) is 0. The van der Waals surface area contributed by atoms with Crippen molar-refractivity contribution in [1.29, 1.82) is 0 Å². The molecule has 0 aliphatic rings. The van der Waals surface area contributed by atoms with Crippen LogP contribution in [0, 0.1) is 0 Å². The SMILES string of the molecule is [2H]c1c([2H])c([2H])c(-c2ccc(-n3c4ccccc4c4cc(Br)ccc43)cc2)c([2H])c1[2H]. The summed E-state index contributed by atoms with van der Waals surface area (Å²) >= 11 is 3.56. The average Bonchev–Trinajstić information content (AvgIpc) is 3.11. The molecular weight excluding hydrogens is 382 g/mol. The number of benzene rings is 4. The summed E-state index contributed by atoms with van der Waals surface area (Å²) in [5, 5.41) is 2.29. The molecule has 0 unspecified atom stereocenters. The molecule has 0 N–H and O–H groups in total. The Hall–Kier alpha value is -2.84. The van der Waals surface area contributed by atoms with E-state index in [0.717, 1.165) is 32.0 Å². The van der Waals surface area contributed by atoms with Gasteiger partial charge < -0.3 is 4.57 Å². The second-order valence-electron chi connectivity index (χ2n) is 6.06. The fraction of sp³-hybridized carbons (Fsp3) is 0. The first kappa shape index (κ1) is 11.0. The van der Waals surface area contributed by atoms with Crippen molar-refractivity contribution in [2.45, 2.75) is 0 Å². The second-order valence-corrected chi connectivity index (χ2v) is 6.98. The van der Waals surface area contributed by atoms with Gasteiger partial charge in [-0.3, -0.25) is 0 Å². The quantitative estimate of drug-likeness (QED) is 0.293. The van der Waals surface area contributed by atoms with Gasteiger partial charge in [-0.2, -0.15) is 0 Å². The highest BCUT2D eigenvalue weighted by Gasteiger charge is 2.12. The van der Waals surface area contributed by atoms with E-state index < -0.39 is 0 Å². The lowest BCUT2D eigenvalue weighted by atomic mass is 10.1. The van der Waals surface area contributed by atoms with E-state index in [0.29, 0.717) is 5.56 Å². The van der Waals surface area contributed by atoms with Gasteiger partial charge in [0.2, 0.25) is 0 Å². The summed E-state index contributed by atoms with van der Waals surface area (Å²) in [4.78, 5) is 0. The molecule has 0 aliphatic heterocycles. The molecule has 0 saturated heterocycles. The first-order chi connectivity index (χ1) is 14.9. The van der Waals surface area contributed by atoms with Crippen LogP contribution in [0.5, 0.6) is 0 Å². The molecule has 5 aromatic rings. The van der Waals surface area contributed by atoms with E-state index in [1.54, 1.807) is 0 Å². The molecule has 0 amide bonds. The van der Waals surface area contributed by atoms with E-state index in [9.17, 15) is 0 Å². The van der Waals surface area contributed by atoms with Gasteiger partial charge in [-0.05, 0) is 47.5 Å². The van der Waals surface area contributed by atoms with Gasteiger partial charge in [-0.15, -0.1) is 0 Å². The molecule has 0 bridgehead atoms. The Morgan fingerprint density at radius 2 is 1.42 bits per heavy atom. The summed E-state index contributed by atoms with van der Waals surface area (Å²) in [6, 6.07) is 20.4. The maximum absolute atomic E-state index is 8.22. The lowest BCUT2D eigenvalue weighted by Gasteiger charge is -2.09. The Morgan fingerprint density at radius 1 is 0.692 bits per heavy atom. The molecule has 0 atom stereocenters. The molecule has 0 radical (unpaired) electrons. The molecule has 26 heavy (non-hydrogen) atoms. The summed E-state index contributed by atoms with van der Waals surface area (Å²) < 4.78 is 43.3. The highest BCUT2D eigenvalue weighted by Crippen LogP contribution is 2.34. The van der Waals surface area contributed by atoms with E-state index in [4.69, 9.17) is 6.85 Å². The summed E-state index contributed by atoms with van der Waals surface area (Å²) in [5.74, 6) is 0. The molecule has 124 valence electrons. The lowest BCUT2D eigenvalue weighted by Crippen LogP contribution is -1.93. The van der Waals surface area contributed by atoms with E-state index in [1.165, 1.54) is 0 Å². The summed E-state index contributed by atoms with van der Waals surface area (Å²) in [6.07, 6.45) is 0. The first-order valence-corrected chi connectivity index (χ1v) is 9.04. The van der Waals surface area contributed by atoms with Crippen LogP contribution in [0.25, 0.3) is 38.6 Å². The Bertz CT molecular complexity index is 1460. The normalized spacial score (nSPS) is 14.0. The molecule has 2 heteroatoms. The minimum Gasteiger partial charge on any atom is -0.309 e. The topological polar surface area (TPSA) is 4.93 Å². The van der Waals surface area contributed by atoms with Crippen LogP contribution in [-0.4, -0.2) is 4.57 Å². The maximum atomic E-state index is 8.22. The van der Waals surface area contributed by atoms with Crippen molar-refractivity contribution in [2.75, 3.05) is 0 Å². The van der Waals surface area contributed by atoms with Crippen molar-refractivity contribution in [3.8, 4) is 16.8 Å². The van der Waals surface area contributed by atoms with E-state index in [-0.39, 0.29) is 35.8 Å². The number of nitrogens with zero attached hydrogens (tertiary/aromatic N) is 1. The lowest BCUT2D eigenvalue weighted by molar-refractivity contribution is 1.18. The van der Waals surface area contributed by atoms with Gasteiger partial charge in [0.05, 0.1) is 17.9 Å².